The summed E-state index contributed by atoms with van der Waals surface area (Å²) in [5.41, 5.74) is 1.41. The summed E-state index contributed by atoms with van der Waals surface area (Å²) >= 11 is 0. The molecule has 3 aromatic carbocycles. The summed E-state index contributed by atoms with van der Waals surface area (Å²) in [7, 11) is 0. The van der Waals surface area contributed by atoms with Crippen molar-refractivity contribution in [1.82, 2.24) is 0 Å². The van der Waals surface area contributed by atoms with Crippen LogP contribution in [0.25, 0.3) is 11.1 Å². The van der Waals surface area contributed by atoms with Crippen LogP contribution in [0.2, 0.25) is 0 Å². The second kappa shape index (κ2) is 11.8. The van der Waals surface area contributed by atoms with E-state index in [-0.39, 0.29) is 11.5 Å². The van der Waals surface area contributed by atoms with Crippen molar-refractivity contribution in [2.24, 2.45) is 0 Å². The lowest BCUT2D eigenvalue weighted by Crippen LogP contribution is -2.37. The summed E-state index contributed by atoms with van der Waals surface area (Å²) in [6.45, 7) is 7.26. The van der Waals surface area contributed by atoms with Gasteiger partial charge in [0.15, 0.2) is 22.9 Å². The number of aryl methyl sites for hydroxylation is 1. The van der Waals surface area contributed by atoms with Gasteiger partial charge in [-0.3, -0.25) is 4.79 Å². The monoisotopic (exact) mass is 498 g/mol. The largest absolute Gasteiger partial charge is 0.573 e. The predicted molar refractivity (Wildman–Crippen MR) is 133 cm³/mol. The first kappa shape index (κ1) is 26.9. The molecule has 0 aliphatic carbocycles. The van der Waals surface area contributed by atoms with Crippen LogP contribution in [-0.2, 0) is 11.2 Å². The third-order valence-electron chi connectivity index (χ3n) is 5.47. The molecule has 7 heteroatoms. The molecule has 0 radical (unpaired) electrons. The normalized spacial score (nSPS) is 11.6. The summed E-state index contributed by atoms with van der Waals surface area (Å²) in [6, 6.07) is 20.9. The number of ketones is 1. The number of alkyl halides is 3. The van der Waals surface area contributed by atoms with Gasteiger partial charge in [-0.2, -0.15) is 0 Å². The van der Waals surface area contributed by atoms with Gasteiger partial charge in [-0.05, 0) is 80.1 Å². The molecular weight excluding hydrogens is 469 g/mol. The van der Waals surface area contributed by atoms with E-state index in [1.54, 1.807) is 32.0 Å². The Bertz CT molecular complexity index is 1150. The summed E-state index contributed by atoms with van der Waals surface area (Å²) in [6.07, 6.45) is -0.836. The first-order valence-electron chi connectivity index (χ1n) is 11.6. The van der Waals surface area contributed by atoms with Crippen molar-refractivity contribution in [2.75, 3.05) is 6.61 Å². The maximum absolute atomic E-state index is 12.5. The van der Waals surface area contributed by atoms with Gasteiger partial charge in [0, 0.05) is 0 Å². The smallest absolute Gasteiger partial charge is 0.490 e. The van der Waals surface area contributed by atoms with Crippen molar-refractivity contribution in [1.29, 1.82) is 0 Å². The van der Waals surface area contributed by atoms with Gasteiger partial charge in [0.05, 0.1) is 6.61 Å². The van der Waals surface area contributed by atoms with Crippen molar-refractivity contribution >= 4 is 5.78 Å². The zero-order chi connectivity index (χ0) is 26.2. The maximum Gasteiger partial charge on any atom is 0.573 e. The highest BCUT2D eigenvalue weighted by atomic mass is 19.4. The van der Waals surface area contributed by atoms with E-state index >= 15 is 0 Å². The molecule has 0 bridgehead atoms. The average Bonchev–Trinajstić information content (AvgIpc) is 2.84. The van der Waals surface area contributed by atoms with E-state index in [4.69, 9.17) is 9.47 Å². The minimum Gasteiger partial charge on any atom is -0.490 e. The first-order chi connectivity index (χ1) is 17.1. The van der Waals surface area contributed by atoms with Gasteiger partial charge < -0.3 is 14.2 Å². The molecule has 190 valence electrons. The van der Waals surface area contributed by atoms with Gasteiger partial charge >= 0.3 is 6.36 Å². The van der Waals surface area contributed by atoms with Crippen LogP contribution in [0.5, 0.6) is 17.2 Å². The Labute approximate surface area is 209 Å². The maximum atomic E-state index is 12.5. The molecule has 0 aliphatic heterocycles. The van der Waals surface area contributed by atoms with Crippen LogP contribution >= 0.6 is 0 Å². The quantitative estimate of drug-likeness (QED) is 0.191. The third kappa shape index (κ3) is 7.90. The number of halogens is 3. The Morgan fingerprint density at radius 3 is 2.17 bits per heavy atom. The number of benzene rings is 3. The SMILES string of the molecule is C=CC(=O)C(C)(C)Oc1cc(-c2ccc(OC(F)(F)F)cc2)ccc1OCCCCc1ccccc1. The highest BCUT2D eigenvalue weighted by Gasteiger charge is 2.31. The van der Waals surface area contributed by atoms with Crippen LogP contribution in [0.15, 0.2) is 85.5 Å². The summed E-state index contributed by atoms with van der Waals surface area (Å²) in [5, 5.41) is 0. The Morgan fingerprint density at radius 1 is 0.861 bits per heavy atom. The summed E-state index contributed by atoms with van der Waals surface area (Å²) < 4.78 is 53.4. The van der Waals surface area contributed by atoms with E-state index in [9.17, 15) is 18.0 Å². The Morgan fingerprint density at radius 2 is 1.53 bits per heavy atom. The van der Waals surface area contributed by atoms with Crippen LogP contribution in [0, 0.1) is 0 Å². The fraction of sp³-hybridized carbons (Fsp3) is 0.276. The van der Waals surface area contributed by atoms with Crippen molar-refractivity contribution < 1.29 is 32.2 Å². The molecule has 0 saturated heterocycles. The predicted octanol–water partition coefficient (Wildman–Crippen LogP) is 7.57. The molecule has 0 fully saturated rings. The van der Waals surface area contributed by atoms with Gasteiger partial charge in [-0.15, -0.1) is 13.2 Å². The molecule has 0 aliphatic rings. The van der Waals surface area contributed by atoms with Crippen molar-refractivity contribution in [3.05, 3.63) is 91.0 Å². The lowest BCUT2D eigenvalue weighted by molar-refractivity contribution is -0.274. The van der Waals surface area contributed by atoms with Crippen LogP contribution in [-0.4, -0.2) is 24.4 Å². The van der Waals surface area contributed by atoms with Crippen LogP contribution in [0.3, 0.4) is 0 Å². The molecule has 0 unspecified atom stereocenters. The second-order valence-corrected chi connectivity index (χ2v) is 8.71. The van der Waals surface area contributed by atoms with Gasteiger partial charge in [0.2, 0.25) is 0 Å². The van der Waals surface area contributed by atoms with E-state index < -0.39 is 12.0 Å². The first-order valence-corrected chi connectivity index (χ1v) is 11.6. The number of unbranched alkanes of at least 4 members (excludes halogenated alkanes) is 1. The summed E-state index contributed by atoms with van der Waals surface area (Å²) in [5.74, 6) is 0.220. The van der Waals surface area contributed by atoms with Crippen LogP contribution < -0.4 is 14.2 Å². The van der Waals surface area contributed by atoms with Crippen molar-refractivity contribution in [3.8, 4) is 28.4 Å². The van der Waals surface area contributed by atoms with E-state index in [0.29, 0.717) is 29.2 Å². The Kier molecular flexibility index (Phi) is 8.80. The van der Waals surface area contributed by atoms with Gasteiger partial charge in [-0.25, -0.2) is 0 Å². The molecule has 0 heterocycles. The molecule has 3 aromatic rings. The number of hydrogen-bond donors (Lipinski definition) is 0. The number of hydrogen-bond acceptors (Lipinski definition) is 4. The Balaban J connectivity index is 1.75. The molecule has 0 N–H and O–H groups in total. The number of rotatable bonds is 12. The molecule has 3 rings (SSSR count). The second-order valence-electron chi connectivity index (χ2n) is 8.71. The number of ether oxygens (including phenoxy) is 3. The standard InChI is InChI=1S/C29H29F3O4/c1-4-27(33)28(2,3)36-26-20-23(22-13-16-24(17-14-22)35-29(30,31)32)15-18-25(26)34-19-9-8-12-21-10-6-5-7-11-21/h4-7,10-11,13-18,20H,1,8-9,12,19H2,2-3H3. The number of carbonyl (C=O) groups excluding carboxylic acids is 1. The Hall–Kier alpha value is -3.74. The molecule has 0 aromatic heterocycles. The summed E-state index contributed by atoms with van der Waals surface area (Å²) in [4.78, 5) is 12.3. The van der Waals surface area contributed by atoms with Crippen LogP contribution in [0.1, 0.15) is 32.3 Å². The zero-order valence-corrected chi connectivity index (χ0v) is 20.3. The minimum atomic E-state index is -4.76. The number of carbonyl (C=O) groups is 1. The van der Waals surface area contributed by atoms with Gasteiger partial charge in [0.1, 0.15) is 5.75 Å². The molecule has 0 saturated carbocycles. The molecule has 0 atom stereocenters. The van der Waals surface area contributed by atoms with E-state index in [1.165, 1.54) is 35.9 Å². The topological polar surface area (TPSA) is 44.8 Å². The fourth-order valence-electron chi connectivity index (χ4n) is 3.56. The average molecular weight is 499 g/mol. The van der Waals surface area contributed by atoms with Gasteiger partial charge in [0.25, 0.3) is 0 Å². The lowest BCUT2D eigenvalue weighted by atomic mass is 10.0. The van der Waals surface area contributed by atoms with E-state index in [2.05, 4.69) is 23.4 Å². The zero-order valence-electron chi connectivity index (χ0n) is 20.3. The van der Waals surface area contributed by atoms with Gasteiger partial charge in [-0.1, -0.05) is 55.1 Å². The van der Waals surface area contributed by atoms with E-state index in [1.807, 2.05) is 18.2 Å². The highest BCUT2D eigenvalue weighted by Crippen LogP contribution is 2.36. The molecule has 0 amide bonds. The fourth-order valence-corrected chi connectivity index (χ4v) is 3.56. The molecular formula is C29H29F3O4. The molecule has 0 spiro atoms. The van der Waals surface area contributed by atoms with E-state index in [0.717, 1.165) is 19.3 Å². The van der Waals surface area contributed by atoms with Crippen molar-refractivity contribution in [3.63, 3.8) is 0 Å². The lowest BCUT2D eigenvalue weighted by Gasteiger charge is -2.25. The highest BCUT2D eigenvalue weighted by molar-refractivity contribution is 5.96. The third-order valence-corrected chi connectivity index (χ3v) is 5.47. The minimum absolute atomic E-state index is 0.296. The molecule has 36 heavy (non-hydrogen) atoms. The van der Waals surface area contributed by atoms with Crippen LogP contribution in [0.4, 0.5) is 13.2 Å². The molecule has 4 nitrogen and oxygen atoms in total. The van der Waals surface area contributed by atoms with Crippen molar-refractivity contribution in [2.45, 2.75) is 45.1 Å².